The fourth-order valence-corrected chi connectivity index (χ4v) is 2.66. The number of rotatable bonds is 2. The van der Waals surface area contributed by atoms with Gasteiger partial charge in [-0.25, -0.2) is 5.01 Å². The average molecular weight is 288 g/mol. The number of carbonyl (C=O) groups is 2. The molecule has 1 fully saturated rings. The summed E-state index contributed by atoms with van der Waals surface area (Å²) in [5.41, 5.74) is 2.92. The van der Waals surface area contributed by atoms with E-state index in [2.05, 4.69) is 5.43 Å². The van der Waals surface area contributed by atoms with Crippen LogP contribution in [0.4, 0.5) is 0 Å². The lowest BCUT2D eigenvalue weighted by atomic mass is 10.0. The van der Waals surface area contributed by atoms with Crippen LogP contribution in [0.2, 0.25) is 0 Å². The molecule has 0 heterocycles. The van der Waals surface area contributed by atoms with Crippen LogP contribution in [0.25, 0.3) is 0 Å². The number of hydrazine groups is 1. The topological polar surface area (TPSA) is 49.4 Å². The summed E-state index contributed by atoms with van der Waals surface area (Å²) in [6.45, 7) is 5.81. The van der Waals surface area contributed by atoms with Gasteiger partial charge in [-0.2, -0.15) is 0 Å². The van der Waals surface area contributed by atoms with Gasteiger partial charge in [0, 0.05) is 11.5 Å². The Kier molecular flexibility index (Phi) is 4.66. The molecule has 0 spiro atoms. The van der Waals surface area contributed by atoms with Crippen molar-refractivity contribution in [3.8, 4) is 0 Å². The van der Waals surface area contributed by atoms with Crippen LogP contribution in [-0.4, -0.2) is 22.4 Å². The fraction of sp³-hybridized carbons (Fsp3) is 0.529. The number of hydrogen-bond donors (Lipinski definition) is 1. The second kappa shape index (κ2) is 6.29. The second-order valence-electron chi connectivity index (χ2n) is 6.63. The third-order valence-electron chi connectivity index (χ3n) is 3.84. The Hall–Kier alpha value is -1.84. The lowest BCUT2D eigenvalue weighted by Gasteiger charge is -2.37. The SMILES string of the molecule is CC(C)(C)N(NC(=O)c1ccccc1)C(=O)C1CCCC1. The number of nitrogens with one attached hydrogen (secondary N) is 1. The van der Waals surface area contributed by atoms with E-state index < -0.39 is 5.54 Å². The zero-order chi connectivity index (χ0) is 15.5. The van der Waals surface area contributed by atoms with E-state index in [1.165, 1.54) is 5.01 Å². The normalized spacial score (nSPS) is 15.8. The molecule has 2 rings (SSSR count). The fourth-order valence-electron chi connectivity index (χ4n) is 2.66. The van der Waals surface area contributed by atoms with Gasteiger partial charge in [0.2, 0.25) is 5.91 Å². The molecule has 4 heteroatoms. The van der Waals surface area contributed by atoms with Crippen LogP contribution in [0.15, 0.2) is 30.3 Å². The van der Waals surface area contributed by atoms with Gasteiger partial charge in [-0.15, -0.1) is 0 Å². The van der Waals surface area contributed by atoms with E-state index in [9.17, 15) is 9.59 Å². The van der Waals surface area contributed by atoms with Crippen LogP contribution in [0, 0.1) is 5.92 Å². The highest BCUT2D eigenvalue weighted by Gasteiger charge is 2.34. The highest BCUT2D eigenvalue weighted by atomic mass is 16.2. The number of benzene rings is 1. The van der Waals surface area contributed by atoms with Crippen molar-refractivity contribution < 1.29 is 9.59 Å². The van der Waals surface area contributed by atoms with E-state index in [-0.39, 0.29) is 17.7 Å². The molecule has 0 atom stereocenters. The lowest BCUT2D eigenvalue weighted by Crippen LogP contribution is -2.57. The Morgan fingerprint density at radius 1 is 1.10 bits per heavy atom. The zero-order valence-corrected chi connectivity index (χ0v) is 13.1. The molecule has 1 aromatic carbocycles. The number of carbonyl (C=O) groups excluding carboxylic acids is 2. The first-order valence-electron chi connectivity index (χ1n) is 7.59. The minimum Gasteiger partial charge on any atom is -0.273 e. The Morgan fingerprint density at radius 2 is 1.67 bits per heavy atom. The number of amides is 2. The monoisotopic (exact) mass is 288 g/mol. The van der Waals surface area contributed by atoms with Crippen molar-refractivity contribution in [2.24, 2.45) is 5.92 Å². The molecule has 0 aromatic heterocycles. The Bertz CT molecular complexity index is 499. The largest absolute Gasteiger partial charge is 0.273 e. The highest BCUT2D eigenvalue weighted by Crippen LogP contribution is 2.28. The van der Waals surface area contributed by atoms with Crippen molar-refractivity contribution in [1.29, 1.82) is 0 Å². The molecular formula is C17H24N2O2. The quantitative estimate of drug-likeness (QED) is 0.850. The Labute approximate surface area is 126 Å². The van der Waals surface area contributed by atoms with E-state index in [4.69, 9.17) is 0 Å². The third kappa shape index (κ3) is 3.84. The van der Waals surface area contributed by atoms with Gasteiger partial charge < -0.3 is 0 Å². The maximum Gasteiger partial charge on any atom is 0.269 e. The molecule has 2 amide bonds. The summed E-state index contributed by atoms with van der Waals surface area (Å²) in [7, 11) is 0. The number of nitrogens with zero attached hydrogens (tertiary/aromatic N) is 1. The molecule has 114 valence electrons. The minimum atomic E-state index is -0.440. The molecule has 1 aromatic rings. The number of hydrogen-bond acceptors (Lipinski definition) is 2. The van der Waals surface area contributed by atoms with Gasteiger partial charge in [-0.05, 0) is 45.7 Å². The van der Waals surface area contributed by atoms with E-state index >= 15 is 0 Å². The molecule has 0 saturated heterocycles. The van der Waals surface area contributed by atoms with Crippen LogP contribution >= 0.6 is 0 Å². The summed E-state index contributed by atoms with van der Waals surface area (Å²) in [6.07, 6.45) is 4.04. The smallest absolute Gasteiger partial charge is 0.269 e. The highest BCUT2D eigenvalue weighted by molar-refractivity contribution is 5.95. The molecule has 1 N–H and O–H groups in total. The van der Waals surface area contributed by atoms with Gasteiger partial charge in [-0.1, -0.05) is 31.0 Å². The van der Waals surface area contributed by atoms with Crippen molar-refractivity contribution in [1.82, 2.24) is 10.4 Å². The average Bonchev–Trinajstić information content (AvgIpc) is 2.97. The molecule has 0 bridgehead atoms. The van der Waals surface area contributed by atoms with Crippen molar-refractivity contribution in [2.45, 2.75) is 52.0 Å². The van der Waals surface area contributed by atoms with Crippen molar-refractivity contribution in [3.05, 3.63) is 35.9 Å². The zero-order valence-electron chi connectivity index (χ0n) is 13.1. The standard InChI is InChI=1S/C17H24N2O2/c1-17(2,3)19(16(21)14-11-7-8-12-14)18-15(20)13-9-5-4-6-10-13/h4-6,9-10,14H,7-8,11-12H2,1-3H3,(H,18,20). The Balaban J connectivity index is 2.13. The predicted molar refractivity (Wildman–Crippen MR) is 82.5 cm³/mol. The van der Waals surface area contributed by atoms with Crippen LogP contribution < -0.4 is 5.43 Å². The summed E-state index contributed by atoms with van der Waals surface area (Å²) < 4.78 is 0. The van der Waals surface area contributed by atoms with Gasteiger partial charge in [0.05, 0.1) is 5.54 Å². The molecule has 0 radical (unpaired) electrons. The first-order valence-corrected chi connectivity index (χ1v) is 7.59. The van der Waals surface area contributed by atoms with Crippen LogP contribution in [0.5, 0.6) is 0 Å². The third-order valence-corrected chi connectivity index (χ3v) is 3.84. The maximum atomic E-state index is 12.7. The summed E-state index contributed by atoms with van der Waals surface area (Å²) in [5, 5.41) is 1.51. The Morgan fingerprint density at radius 3 is 2.19 bits per heavy atom. The van der Waals surface area contributed by atoms with Gasteiger partial charge in [-0.3, -0.25) is 15.0 Å². The van der Waals surface area contributed by atoms with E-state index in [1.807, 2.05) is 39.0 Å². The van der Waals surface area contributed by atoms with Gasteiger partial charge in [0.15, 0.2) is 0 Å². The summed E-state index contributed by atoms with van der Waals surface area (Å²) >= 11 is 0. The summed E-state index contributed by atoms with van der Waals surface area (Å²) in [6, 6.07) is 8.98. The van der Waals surface area contributed by atoms with Gasteiger partial charge in [0.1, 0.15) is 0 Å². The molecule has 0 unspecified atom stereocenters. The molecule has 21 heavy (non-hydrogen) atoms. The summed E-state index contributed by atoms with van der Waals surface area (Å²) in [5.74, 6) is -0.165. The summed E-state index contributed by atoms with van der Waals surface area (Å²) in [4.78, 5) is 25.0. The van der Waals surface area contributed by atoms with Crippen molar-refractivity contribution >= 4 is 11.8 Å². The first-order chi connectivity index (χ1) is 9.89. The second-order valence-corrected chi connectivity index (χ2v) is 6.63. The van der Waals surface area contributed by atoms with Crippen molar-refractivity contribution in [2.75, 3.05) is 0 Å². The molecular weight excluding hydrogens is 264 g/mol. The van der Waals surface area contributed by atoms with Crippen LogP contribution in [0.1, 0.15) is 56.8 Å². The molecule has 4 nitrogen and oxygen atoms in total. The molecule has 0 aliphatic heterocycles. The van der Waals surface area contributed by atoms with Crippen LogP contribution in [0.3, 0.4) is 0 Å². The van der Waals surface area contributed by atoms with E-state index in [1.54, 1.807) is 12.1 Å². The van der Waals surface area contributed by atoms with Crippen LogP contribution in [-0.2, 0) is 4.79 Å². The van der Waals surface area contributed by atoms with E-state index in [0.29, 0.717) is 5.56 Å². The maximum absolute atomic E-state index is 12.7. The van der Waals surface area contributed by atoms with Gasteiger partial charge in [0.25, 0.3) is 5.91 Å². The molecule has 1 saturated carbocycles. The van der Waals surface area contributed by atoms with Gasteiger partial charge >= 0.3 is 0 Å². The lowest BCUT2D eigenvalue weighted by molar-refractivity contribution is -0.143. The minimum absolute atomic E-state index is 0.0317. The van der Waals surface area contributed by atoms with E-state index in [0.717, 1.165) is 25.7 Å². The molecule has 1 aliphatic rings. The van der Waals surface area contributed by atoms with Crippen molar-refractivity contribution in [3.63, 3.8) is 0 Å². The predicted octanol–water partition coefficient (Wildman–Crippen LogP) is 3.15. The first kappa shape index (κ1) is 15.5. The molecule has 1 aliphatic carbocycles.